The lowest BCUT2D eigenvalue weighted by Gasteiger charge is -2.42. The summed E-state index contributed by atoms with van der Waals surface area (Å²) in [6.45, 7) is -0.773. The van der Waals surface area contributed by atoms with Crippen molar-refractivity contribution >= 4 is 17.0 Å². The minimum absolute atomic E-state index is 0.200. The predicted octanol–water partition coefficient (Wildman–Crippen LogP) is -0.116. The number of hydrogen-bond acceptors (Lipinski definition) is 6. The van der Waals surface area contributed by atoms with E-state index in [1.165, 1.54) is 12.7 Å². The minimum atomic E-state index is -0.573. The number of nitrogen functional groups attached to an aromatic ring is 1. The first-order valence-corrected chi connectivity index (χ1v) is 5.51. The molecule has 8 heteroatoms. The van der Waals surface area contributed by atoms with Crippen LogP contribution in [0.5, 0.6) is 0 Å². The van der Waals surface area contributed by atoms with Crippen LogP contribution in [0.3, 0.4) is 0 Å². The SMILES string of the molecule is Nc1ncnc2c1ncn2[C@@H]1O[C@H](CO)[C@@H]1CF. The summed E-state index contributed by atoms with van der Waals surface area (Å²) in [7, 11) is 0. The highest BCUT2D eigenvalue weighted by atomic mass is 19.1. The molecule has 3 N–H and O–H groups in total. The van der Waals surface area contributed by atoms with Crippen LogP contribution in [0.15, 0.2) is 12.7 Å². The molecule has 0 bridgehead atoms. The number of ether oxygens (including phenoxy) is 1. The second-order valence-corrected chi connectivity index (χ2v) is 4.15. The van der Waals surface area contributed by atoms with Crippen molar-refractivity contribution in [3.63, 3.8) is 0 Å². The molecule has 1 fully saturated rings. The molecule has 0 amide bonds. The van der Waals surface area contributed by atoms with Crippen LogP contribution in [0.2, 0.25) is 0 Å². The maximum absolute atomic E-state index is 12.9. The van der Waals surface area contributed by atoms with E-state index in [2.05, 4.69) is 15.0 Å². The average Bonchev–Trinajstić information content (AvgIpc) is 2.75. The molecule has 0 saturated carbocycles. The van der Waals surface area contributed by atoms with Gasteiger partial charge in [-0.2, -0.15) is 0 Å². The molecule has 1 saturated heterocycles. The number of aromatic nitrogens is 4. The fourth-order valence-corrected chi connectivity index (χ4v) is 2.16. The molecular formula is C10H12FN5O2. The third-order valence-electron chi connectivity index (χ3n) is 3.18. The Morgan fingerprint density at radius 3 is 3.00 bits per heavy atom. The Labute approximate surface area is 101 Å². The Morgan fingerprint density at radius 1 is 1.44 bits per heavy atom. The summed E-state index contributed by atoms with van der Waals surface area (Å²) in [6.07, 6.45) is 1.84. The maximum Gasteiger partial charge on any atom is 0.167 e. The van der Waals surface area contributed by atoms with Crippen molar-refractivity contribution < 1.29 is 14.2 Å². The maximum atomic E-state index is 12.9. The minimum Gasteiger partial charge on any atom is -0.394 e. The smallest absolute Gasteiger partial charge is 0.167 e. The van der Waals surface area contributed by atoms with Gasteiger partial charge in [-0.1, -0.05) is 0 Å². The molecule has 0 unspecified atom stereocenters. The van der Waals surface area contributed by atoms with Crippen molar-refractivity contribution in [3.05, 3.63) is 12.7 Å². The molecule has 1 aliphatic rings. The molecule has 0 radical (unpaired) electrons. The van der Waals surface area contributed by atoms with E-state index in [9.17, 15) is 4.39 Å². The first kappa shape index (κ1) is 11.3. The van der Waals surface area contributed by atoms with Gasteiger partial charge in [0.1, 0.15) is 18.1 Å². The van der Waals surface area contributed by atoms with Gasteiger partial charge in [0.25, 0.3) is 0 Å². The lowest BCUT2D eigenvalue weighted by atomic mass is 9.96. The van der Waals surface area contributed by atoms with Crippen LogP contribution in [0.1, 0.15) is 6.23 Å². The molecule has 0 aliphatic carbocycles. The number of halogens is 1. The Balaban J connectivity index is 1.99. The van der Waals surface area contributed by atoms with Gasteiger partial charge >= 0.3 is 0 Å². The van der Waals surface area contributed by atoms with Gasteiger partial charge in [-0.25, -0.2) is 15.0 Å². The van der Waals surface area contributed by atoms with E-state index in [1.807, 2.05) is 0 Å². The van der Waals surface area contributed by atoms with Crippen molar-refractivity contribution in [2.45, 2.75) is 12.3 Å². The molecule has 3 heterocycles. The van der Waals surface area contributed by atoms with E-state index in [0.29, 0.717) is 11.2 Å². The largest absolute Gasteiger partial charge is 0.394 e. The lowest BCUT2D eigenvalue weighted by molar-refractivity contribution is -0.237. The van der Waals surface area contributed by atoms with E-state index in [0.717, 1.165) is 0 Å². The quantitative estimate of drug-likeness (QED) is 0.791. The number of imidazole rings is 1. The molecule has 7 nitrogen and oxygen atoms in total. The molecule has 3 rings (SSSR count). The summed E-state index contributed by atoms with van der Waals surface area (Å²) in [5.74, 6) is -0.128. The van der Waals surface area contributed by atoms with Crippen LogP contribution in [-0.4, -0.2) is 44.0 Å². The monoisotopic (exact) mass is 253 g/mol. The molecule has 0 aromatic carbocycles. The number of aliphatic hydroxyl groups excluding tert-OH is 1. The Morgan fingerprint density at radius 2 is 2.28 bits per heavy atom. The standard InChI is InChI=1S/C10H12FN5O2/c11-1-5-6(2-17)18-10(5)16-4-15-7-8(12)13-3-14-9(7)16/h3-6,10,17H,1-2H2,(H2,12,13,14)/t5-,6+,10+/m0/s1. The van der Waals surface area contributed by atoms with Crippen molar-refractivity contribution in [1.29, 1.82) is 0 Å². The van der Waals surface area contributed by atoms with E-state index < -0.39 is 24.9 Å². The summed E-state index contributed by atoms with van der Waals surface area (Å²) < 4.78 is 19.9. The number of fused-ring (bicyclic) bond motifs is 1. The normalized spacial score (nSPS) is 27.3. The Bertz CT molecular complexity index is 574. The fourth-order valence-electron chi connectivity index (χ4n) is 2.16. The van der Waals surface area contributed by atoms with E-state index in [4.69, 9.17) is 15.6 Å². The number of aliphatic hydroxyl groups is 1. The molecule has 2 aromatic heterocycles. The van der Waals surface area contributed by atoms with E-state index >= 15 is 0 Å². The molecular weight excluding hydrogens is 241 g/mol. The zero-order valence-electron chi connectivity index (χ0n) is 9.40. The third kappa shape index (κ3) is 1.46. The molecule has 18 heavy (non-hydrogen) atoms. The first-order valence-electron chi connectivity index (χ1n) is 5.51. The fraction of sp³-hybridized carbons (Fsp3) is 0.500. The number of rotatable bonds is 3. The van der Waals surface area contributed by atoms with E-state index in [-0.39, 0.29) is 12.4 Å². The molecule has 0 spiro atoms. The number of hydrogen-bond donors (Lipinski definition) is 2. The number of nitrogens with zero attached hydrogens (tertiary/aromatic N) is 4. The lowest BCUT2D eigenvalue weighted by Crippen LogP contribution is -2.48. The van der Waals surface area contributed by atoms with Crippen LogP contribution >= 0.6 is 0 Å². The molecule has 1 aliphatic heterocycles. The van der Waals surface area contributed by atoms with Crippen molar-refractivity contribution in [1.82, 2.24) is 19.5 Å². The highest BCUT2D eigenvalue weighted by Crippen LogP contribution is 2.38. The van der Waals surface area contributed by atoms with Gasteiger partial charge in [-0.3, -0.25) is 8.96 Å². The summed E-state index contributed by atoms with van der Waals surface area (Å²) >= 11 is 0. The van der Waals surface area contributed by atoms with Crippen LogP contribution in [-0.2, 0) is 4.74 Å². The van der Waals surface area contributed by atoms with Gasteiger partial charge in [0.2, 0.25) is 0 Å². The van der Waals surface area contributed by atoms with Gasteiger partial charge < -0.3 is 15.6 Å². The zero-order chi connectivity index (χ0) is 12.7. The van der Waals surface area contributed by atoms with Crippen LogP contribution in [0.4, 0.5) is 10.2 Å². The van der Waals surface area contributed by atoms with Crippen molar-refractivity contribution in [2.24, 2.45) is 5.92 Å². The summed E-state index contributed by atoms with van der Waals surface area (Å²) in [6, 6.07) is 0. The second kappa shape index (κ2) is 4.14. The van der Waals surface area contributed by atoms with Crippen molar-refractivity contribution in [2.75, 3.05) is 19.0 Å². The average molecular weight is 253 g/mol. The van der Waals surface area contributed by atoms with Crippen molar-refractivity contribution in [3.8, 4) is 0 Å². The summed E-state index contributed by atoms with van der Waals surface area (Å²) in [4.78, 5) is 12.0. The topological polar surface area (TPSA) is 99.1 Å². The first-order chi connectivity index (χ1) is 8.76. The van der Waals surface area contributed by atoms with Gasteiger partial charge in [0, 0.05) is 0 Å². The Kier molecular flexibility index (Phi) is 2.60. The van der Waals surface area contributed by atoms with Crippen LogP contribution in [0, 0.1) is 5.92 Å². The van der Waals surface area contributed by atoms with E-state index in [1.54, 1.807) is 4.57 Å². The molecule has 2 aromatic rings. The number of anilines is 1. The Hall–Kier alpha value is -1.80. The van der Waals surface area contributed by atoms with Crippen LogP contribution < -0.4 is 5.73 Å². The molecule has 3 atom stereocenters. The number of alkyl halides is 1. The summed E-state index contributed by atoms with van der Waals surface area (Å²) in [5, 5.41) is 9.00. The summed E-state index contributed by atoms with van der Waals surface area (Å²) in [5.41, 5.74) is 6.63. The highest BCUT2D eigenvalue weighted by Gasteiger charge is 2.44. The zero-order valence-corrected chi connectivity index (χ0v) is 9.40. The van der Waals surface area contributed by atoms with Gasteiger partial charge in [-0.05, 0) is 0 Å². The highest BCUT2D eigenvalue weighted by molar-refractivity contribution is 5.81. The van der Waals surface area contributed by atoms with Gasteiger partial charge in [0.05, 0.1) is 31.6 Å². The van der Waals surface area contributed by atoms with Gasteiger partial charge in [0.15, 0.2) is 11.5 Å². The predicted molar refractivity (Wildman–Crippen MR) is 60.2 cm³/mol. The second-order valence-electron chi connectivity index (χ2n) is 4.15. The third-order valence-corrected chi connectivity index (χ3v) is 3.18. The van der Waals surface area contributed by atoms with Crippen LogP contribution in [0.25, 0.3) is 11.2 Å². The molecule has 96 valence electrons. The number of nitrogens with two attached hydrogens (primary N) is 1. The van der Waals surface area contributed by atoms with Gasteiger partial charge in [-0.15, -0.1) is 0 Å².